The molecule has 2 aromatic heterocycles. The van der Waals surface area contributed by atoms with Gasteiger partial charge in [-0.25, -0.2) is 4.39 Å². The van der Waals surface area contributed by atoms with Gasteiger partial charge in [0, 0.05) is 61.8 Å². The number of H-pyrrole nitrogens is 1. The van der Waals surface area contributed by atoms with E-state index in [2.05, 4.69) is 20.1 Å². The Morgan fingerprint density at radius 2 is 2.00 bits per heavy atom. The highest BCUT2D eigenvalue weighted by Crippen LogP contribution is 2.49. The lowest BCUT2D eigenvalue weighted by molar-refractivity contribution is -0.0512. The molecular formula is C36H47ClFN7O4. The highest BCUT2D eigenvalue weighted by Gasteiger charge is 2.50. The smallest absolute Gasteiger partial charge is 0.319 e. The topological polar surface area (TPSA) is 121 Å². The van der Waals surface area contributed by atoms with E-state index < -0.39 is 11.9 Å². The third kappa shape index (κ3) is 6.64. The van der Waals surface area contributed by atoms with Gasteiger partial charge in [0.2, 0.25) is 5.90 Å². The Balaban J connectivity index is 1.30. The molecule has 0 bridgehead atoms. The quantitative estimate of drug-likeness (QED) is 0.217. The van der Waals surface area contributed by atoms with Gasteiger partial charge in [0.15, 0.2) is 5.83 Å². The molecule has 7 rings (SSSR count). The lowest BCUT2D eigenvalue weighted by atomic mass is 9.74. The number of halogens is 2. The summed E-state index contributed by atoms with van der Waals surface area (Å²) in [5.74, 6) is -0.0474. The SMILES string of the molecule is CN=C(OC)c1c(/C(F)=C/c2c(Cl)c(C)cc3[nH]ncc23)nc(OCC23CCCC2N(C2CCOCC2)CCC3)nc1N1CCCC(O)C1. The number of rotatable bonds is 8. The van der Waals surface area contributed by atoms with Crippen LogP contribution in [0.2, 0.25) is 5.02 Å². The largest absolute Gasteiger partial charge is 0.481 e. The van der Waals surface area contributed by atoms with Crippen molar-refractivity contribution >= 4 is 46.1 Å². The average Bonchev–Trinajstić information content (AvgIpc) is 3.78. The molecule has 4 fully saturated rings. The van der Waals surface area contributed by atoms with Crippen LogP contribution in [0.1, 0.15) is 80.2 Å². The number of nitrogens with zero attached hydrogens (tertiary/aromatic N) is 6. The molecule has 5 heterocycles. The number of aromatic nitrogens is 4. The molecule has 3 atom stereocenters. The minimum absolute atomic E-state index is 0.00956. The predicted molar refractivity (Wildman–Crippen MR) is 189 cm³/mol. The van der Waals surface area contributed by atoms with Gasteiger partial charge < -0.3 is 24.2 Å². The number of β-amino-alcohol motifs (C(OH)–C–C–N with tert-alkyl or cyclic N) is 1. The highest BCUT2D eigenvalue weighted by atomic mass is 35.5. The van der Waals surface area contributed by atoms with Crippen LogP contribution in [0.3, 0.4) is 0 Å². The standard InChI is InChI=1S/C36H47ClFN7O4/c1-22-17-28-26(19-40-43-28)25(31(22)37)18-27(38)32-30(34(39-2)47-3)33(44-13-5-7-24(46)20-44)42-35(41-32)49-21-36-11-4-8-29(36)45(14-6-12-36)23-9-15-48-16-10-23/h17-19,23-24,29,46H,4-16,20-21H2,1-3H3,(H,40,43)/b27-18-,39-34?. The summed E-state index contributed by atoms with van der Waals surface area (Å²) >= 11 is 6.77. The summed E-state index contributed by atoms with van der Waals surface area (Å²) in [4.78, 5) is 18.7. The number of anilines is 1. The van der Waals surface area contributed by atoms with Crippen LogP contribution < -0.4 is 9.64 Å². The number of aliphatic hydroxyl groups excluding tert-OH is 1. The first kappa shape index (κ1) is 34.1. The Hall–Kier alpha value is -3.32. The Morgan fingerprint density at radius 3 is 2.78 bits per heavy atom. The van der Waals surface area contributed by atoms with Crippen LogP contribution in [0.5, 0.6) is 6.01 Å². The Labute approximate surface area is 291 Å². The van der Waals surface area contributed by atoms with Crippen molar-refractivity contribution in [1.82, 2.24) is 25.1 Å². The molecule has 0 amide bonds. The van der Waals surface area contributed by atoms with E-state index in [1.807, 2.05) is 17.9 Å². The molecule has 1 saturated carbocycles. The van der Waals surface area contributed by atoms with Gasteiger partial charge >= 0.3 is 6.01 Å². The number of methoxy groups -OCH3 is 1. The van der Waals surface area contributed by atoms with Gasteiger partial charge in [0.05, 0.1) is 36.6 Å². The third-order valence-electron chi connectivity index (χ3n) is 11.1. The second kappa shape index (κ2) is 14.5. The molecule has 0 spiro atoms. The minimum Gasteiger partial charge on any atom is -0.481 e. The van der Waals surface area contributed by atoms with Crippen LogP contribution >= 0.6 is 11.6 Å². The maximum Gasteiger partial charge on any atom is 0.319 e. The lowest BCUT2D eigenvalue weighted by Crippen LogP contribution is -2.56. The monoisotopic (exact) mass is 695 g/mol. The van der Waals surface area contributed by atoms with Crippen LogP contribution in [-0.2, 0) is 9.47 Å². The van der Waals surface area contributed by atoms with E-state index >= 15 is 4.39 Å². The number of likely N-dealkylation sites (tertiary alicyclic amines) is 1. The molecule has 3 saturated heterocycles. The number of aryl methyl sites for hydroxylation is 1. The van der Waals surface area contributed by atoms with Crippen LogP contribution in [0.25, 0.3) is 22.8 Å². The highest BCUT2D eigenvalue weighted by molar-refractivity contribution is 6.34. The Bertz CT molecular complexity index is 1730. The zero-order chi connectivity index (χ0) is 34.1. The molecule has 11 nitrogen and oxygen atoms in total. The van der Waals surface area contributed by atoms with E-state index in [9.17, 15) is 5.11 Å². The Kier molecular flexibility index (Phi) is 10.1. The summed E-state index contributed by atoms with van der Waals surface area (Å²) in [7, 11) is 3.08. The number of aliphatic hydroxyl groups is 1. The second-order valence-corrected chi connectivity index (χ2v) is 14.4. The van der Waals surface area contributed by atoms with E-state index in [1.54, 1.807) is 13.2 Å². The maximum atomic E-state index is 17.0. The summed E-state index contributed by atoms with van der Waals surface area (Å²) in [6, 6.07) is 2.94. The molecule has 1 aromatic carbocycles. The molecular weight excluding hydrogens is 649 g/mol. The van der Waals surface area contributed by atoms with Crippen molar-refractivity contribution in [2.45, 2.75) is 82.9 Å². The molecule has 264 valence electrons. The molecule has 1 aliphatic carbocycles. The van der Waals surface area contributed by atoms with Gasteiger partial charge in [-0.3, -0.25) is 15.0 Å². The van der Waals surface area contributed by atoms with Crippen molar-refractivity contribution in [1.29, 1.82) is 0 Å². The predicted octanol–water partition coefficient (Wildman–Crippen LogP) is 5.96. The minimum atomic E-state index is -0.644. The third-order valence-corrected chi connectivity index (χ3v) is 11.6. The van der Waals surface area contributed by atoms with Crippen LogP contribution in [0.15, 0.2) is 17.3 Å². The normalized spacial score (nSPS) is 26.0. The number of hydrogen-bond acceptors (Lipinski definition) is 10. The maximum absolute atomic E-state index is 17.0. The van der Waals surface area contributed by atoms with Gasteiger partial charge in [-0.2, -0.15) is 15.1 Å². The first-order valence-electron chi connectivity index (χ1n) is 17.6. The average molecular weight is 696 g/mol. The van der Waals surface area contributed by atoms with Crippen molar-refractivity contribution in [3.63, 3.8) is 0 Å². The van der Waals surface area contributed by atoms with Crippen LogP contribution in [-0.4, -0.2) is 108 Å². The fourth-order valence-electron chi connectivity index (χ4n) is 8.71. The first-order chi connectivity index (χ1) is 23.8. The van der Waals surface area contributed by atoms with Gasteiger partial charge in [0.1, 0.15) is 17.1 Å². The number of benzene rings is 1. The van der Waals surface area contributed by atoms with Gasteiger partial charge in [-0.05, 0) is 82.5 Å². The summed E-state index contributed by atoms with van der Waals surface area (Å²) < 4.78 is 35.0. The van der Waals surface area contributed by atoms with Crippen molar-refractivity contribution < 1.29 is 23.7 Å². The number of piperidine rings is 2. The number of hydrogen-bond donors (Lipinski definition) is 2. The number of ether oxygens (including phenoxy) is 3. The Morgan fingerprint density at radius 1 is 1.18 bits per heavy atom. The molecule has 4 aliphatic rings. The summed E-state index contributed by atoms with van der Waals surface area (Å²) in [5, 5.41) is 18.9. The number of aliphatic imine (C=N–C) groups is 1. The van der Waals surface area contributed by atoms with E-state index in [4.69, 9.17) is 35.8 Å². The second-order valence-electron chi connectivity index (χ2n) is 14.0. The number of aromatic amines is 1. The molecule has 49 heavy (non-hydrogen) atoms. The van der Waals surface area contributed by atoms with E-state index in [-0.39, 0.29) is 23.0 Å². The molecule has 13 heteroatoms. The molecule has 0 radical (unpaired) electrons. The van der Waals surface area contributed by atoms with Gasteiger partial charge in [0.25, 0.3) is 0 Å². The van der Waals surface area contributed by atoms with Crippen molar-refractivity contribution in [2.24, 2.45) is 10.4 Å². The van der Waals surface area contributed by atoms with Crippen molar-refractivity contribution in [2.75, 3.05) is 58.5 Å². The lowest BCUT2D eigenvalue weighted by Gasteiger charge is -2.50. The molecule has 2 N–H and O–H groups in total. The summed E-state index contributed by atoms with van der Waals surface area (Å²) in [6.45, 7) is 6.01. The fourth-order valence-corrected chi connectivity index (χ4v) is 8.92. The van der Waals surface area contributed by atoms with E-state index in [1.165, 1.54) is 13.2 Å². The van der Waals surface area contributed by atoms with Crippen LogP contribution in [0, 0.1) is 12.3 Å². The number of fused-ring (bicyclic) bond motifs is 2. The first-order valence-corrected chi connectivity index (χ1v) is 18.0. The molecule has 3 aliphatic heterocycles. The van der Waals surface area contributed by atoms with Crippen molar-refractivity contribution in [3.05, 3.63) is 39.7 Å². The van der Waals surface area contributed by atoms with E-state index in [0.717, 1.165) is 82.2 Å². The zero-order valence-electron chi connectivity index (χ0n) is 28.7. The van der Waals surface area contributed by atoms with Crippen molar-refractivity contribution in [3.8, 4) is 6.01 Å². The summed E-state index contributed by atoms with van der Waals surface area (Å²) in [6.07, 6.45) is 11.6. The van der Waals surface area contributed by atoms with Gasteiger partial charge in [-0.1, -0.05) is 18.0 Å². The molecule has 3 aromatic rings. The van der Waals surface area contributed by atoms with Gasteiger partial charge in [-0.15, -0.1) is 0 Å². The zero-order valence-corrected chi connectivity index (χ0v) is 29.4. The summed E-state index contributed by atoms with van der Waals surface area (Å²) in [5.41, 5.74) is 2.28. The number of nitrogens with one attached hydrogen (secondary N) is 1. The fraction of sp³-hybridized carbons (Fsp3) is 0.611. The molecule has 3 unspecified atom stereocenters. The van der Waals surface area contributed by atoms with Crippen LogP contribution in [0.4, 0.5) is 10.2 Å². The van der Waals surface area contributed by atoms with E-state index in [0.29, 0.717) is 65.6 Å².